The molecule has 0 aliphatic rings. The molecular formula is C28H25FN2O. The number of aryl methyl sites for hydroxylation is 2. The third-order valence-electron chi connectivity index (χ3n) is 5.92. The van der Waals surface area contributed by atoms with Gasteiger partial charge < -0.3 is 0 Å². The largest absolute Gasteiger partial charge is 0.262 e. The van der Waals surface area contributed by atoms with Gasteiger partial charge in [-0.2, -0.15) is 4.91 Å². The lowest BCUT2D eigenvalue weighted by Crippen LogP contribution is -2.09. The highest BCUT2D eigenvalue weighted by Gasteiger charge is 2.24. The maximum Gasteiger partial charge on any atom is 0.123 e. The molecule has 0 saturated carbocycles. The second-order valence-corrected chi connectivity index (χ2v) is 8.13. The van der Waals surface area contributed by atoms with Crippen LogP contribution in [0.2, 0.25) is 0 Å². The van der Waals surface area contributed by atoms with E-state index in [2.05, 4.69) is 46.6 Å². The number of nitrogens with zero attached hydrogens (tertiary/aromatic N) is 2. The van der Waals surface area contributed by atoms with Crippen molar-refractivity contribution >= 4 is 0 Å². The number of pyridine rings is 1. The highest BCUT2D eigenvalue weighted by Crippen LogP contribution is 2.38. The second-order valence-electron chi connectivity index (χ2n) is 8.13. The normalized spacial score (nSPS) is 12.8. The molecule has 0 saturated heterocycles. The number of nitroso groups, excluding NO2 is 1. The van der Waals surface area contributed by atoms with Crippen molar-refractivity contribution in [3.8, 4) is 11.1 Å². The average molecular weight is 425 g/mol. The number of hydrogen-bond donors (Lipinski definition) is 0. The summed E-state index contributed by atoms with van der Waals surface area (Å²) in [5.41, 5.74) is 6.89. The van der Waals surface area contributed by atoms with Gasteiger partial charge in [0.1, 0.15) is 11.9 Å². The van der Waals surface area contributed by atoms with Crippen molar-refractivity contribution in [2.75, 3.05) is 0 Å². The van der Waals surface area contributed by atoms with Gasteiger partial charge in [0, 0.05) is 17.8 Å². The van der Waals surface area contributed by atoms with Gasteiger partial charge in [-0.25, -0.2) is 4.39 Å². The van der Waals surface area contributed by atoms with Crippen LogP contribution in [0.5, 0.6) is 0 Å². The summed E-state index contributed by atoms with van der Waals surface area (Å²) in [6, 6.07) is 26.6. The first-order chi connectivity index (χ1) is 15.5. The molecule has 0 bridgehead atoms. The fraction of sp³-hybridized carbons (Fsp3) is 0.179. The van der Waals surface area contributed by atoms with Gasteiger partial charge in [-0.1, -0.05) is 65.8 Å². The van der Waals surface area contributed by atoms with Gasteiger partial charge in [-0.15, -0.1) is 0 Å². The number of rotatable bonds is 7. The van der Waals surface area contributed by atoms with Crippen LogP contribution in [0.25, 0.3) is 11.1 Å². The van der Waals surface area contributed by atoms with E-state index in [1.54, 1.807) is 12.3 Å². The molecule has 0 aliphatic heterocycles. The Kier molecular flexibility index (Phi) is 6.50. The summed E-state index contributed by atoms with van der Waals surface area (Å²) in [5, 5.41) is 3.45. The lowest BCUT2D eigenvalue weighted by Gasteiger charge is -2.23. The zero-order chi connectivity index (χ0) is 22.5. The third kappa shape index (κ3) is 4.80. The Hall–Kier alpha value is -3.66. The Morgan fingerprint density at radius 3 is 2.22 bits per heavy atom. The smallest absolute Gasteiger partial charge is 0.123 e. The quantitative estimate of drug-likeness (QED) is 0.288. The van der Waals surface area contributed by atoms with Crippen molar-refractivity contribution in [2.45, 2.75) is 32.2 Å². The van der Waals surface area contributed by atoms with E-state index in [1.165, 1.54) is 6.07 Å². The van der Waals surface area contributed by atoms with Gasteiger partial charge in [-0.05, 0) is 77.9 Å². The molecule has 4 heteroatoms. The van der Waals surface area contributed by atoms with Crippen LogP contribution < -0.4 is 0 Å². The molecule has 1 aromatic heterocycles. The molecule has 2 atom stereocenters. The monoisotopic (exact) mass is 424 g/mol. The standard InChI is InChI=1S/C28H25FN2O/c1-19-16-25(29)12-13-26(19)27(18-28(31-32)24-14-15-30-20(2)17-24)23-10-8-22(9-11-23)21-6-4-3-5-7-21/h3-17,27-28H,18H2,1-2H3. The molecule has 160 valence electrons. The number of halogens is 1. The molecular weight excluding hydrogens is 399 g/mol. The molecule has 32 heavy (non-hydrogen) atoms. The first-order valence-electron chi connectivity index (χ1n) is 10.7. The Balaban J connectivity index is 1.73. The minimum absolute atomic E-state index is 0.100. The van der Waals surface area contributed by atoms with Crippen molar-refractivity contribution in [2.24, 2.45) is 5.18 Å². The lowest BCUT2D eigenvalue weighted by molar-refractivity contribution is 0.587. The van der Waals surface area contributed by atoms with Gasteiger partial charge >= 0.3 is 0 Å². The van der Waals surface area contributed by atoms with Gasteiger partial charge in [0.25, 0.3) is 0 Å². The molecule has 2 unspecified atom stereocenters. The van der Waals surface area contributed by atoms with Crippen molar-refractivity contribution in [1.29, 1.82) is 0 Å². The van der Waals surface area contributed by atoms with Gasteiger partial charge in [-0.3, -0.25) is 4.98 Å². The SMILES string of the molecule is Cc1cc(C(CC(c2ccc(-c3ccccc3)cc2)c2ccc(F)cc2C)N=O)ccn1. The van der Waals surface area contributed by atoms with Crippen molar-refractivity contribution in [3.63, 3.8) is 0 Å². The van der Waals surface area contributed by atoms with Crippen LogP contribution in [0.15, 0.2) is 96.3 Å². The second kappa shape index (κ2) is 9.65. The first-order valence-corrected chi connectivity index (χ1v) is 10.7. The van der Waals surface area contributed by atoms with E-state index < -0.39 is 6.04 Å². The fourth-order valence-electron chi connectivity index (χ4n) is 4.25. The van der Waals surface area contributed by atoms with Gasteiger partial charge in [0.05, 0.1) is 0 Å². The van der Waals surface area contributed by atoms with Crippen LogP contribution in [0, 0.1) is 24.6 Å². The maximum atomic E-state index is 13.8. The van der Waals surface area contributed by atoms with Gasteiger partial charge in [0.2, 0.25) is 0 Å². The summed E-state index contributed by atoms with van der Waals surface area (Å²) in [6.45, 7) is 3.80. The molecule has 3 nitrogen and oxygen atoms in total. The number of benzene rings is 3. The third-order valence-corrected chi connectivity index (χ3v) is 5.92. The van der Waals surface area contributed by atoms with Gasteiger partial charge in [0.15, 0.2) is 0 Å². The molecule has 0 aliphatic carbocycles. The fourth-order valence-corrected chi connectivity index (χ4v) is 4.25. The molecule has 0 amide bonds. The topological polar surface area (TPSA) is 42.3 Å². The van der Waals surface area contributed by atoms with Crippen molar-refractivity contribution in [1.82, 2.24) is 4.98 Å². The Morgan fingerprint density at radius 1 is 0.844 bits per heavy atom. The van der Waals surface area contributed by atoms with Crippen LogP contribution in [0.4, 0.5) is 4.39 Å². The lowest BCUT2D eigenvalue weighted by atomic mass is 9.82. The summed E-state index contributed by atoms with van der Waals surface area (Å²) >= 11 is 0. The highest BCUT2D eigenvalue weighted by atomic mass is 19.1. The van der Waals surface area contributed by atoms with Crippen molar-refractivity contribution < 1.29 is 4.39 Å². The summed E-state index contributed by atoms with van der Waals surface area (Å²) in [7, 11) is 0. The zero-order valence-electron chi connectivity index (χ0n) is 18.2. The molecule has 0 fully saturated rings. The Morgan fingerprint density at radius 2 is 1.56 bits per heavy atom. The molecule has 4 aromatic rings. The predicted octanol–water partition coefficient (Wildman–Crippen LogP) is 7.53. The number of aromatic nitrogens is 1. The van der Waals surface area contributed by atoms with Crippen LogP contribution in [0.1, 0.15) is 46.3 Å². The van der Waals surface area contributed by atoms with Crippen LogP contribution in [0.3, 0.4) is 0 Å². The summed E-state index contributed by atoms with van der Waals surface area (Å²) in [5.74, 6) is -0.365. The van der Waals surface area contributed by atoms with E-state index in [-0.39, 0.29) is 11.7 Å². The maximum absolute atomic E-state index is 13.8. The minimum atomic E-state index is -0.528. The summed E-state index contributed by atoms with van der Waals surface area (Å²) in [4.78, 5) is 16.1. The van der Waals surface area contributed by atoms with E-state index >= 15 is 0 Å². The predicted molar refractivity (Wildman–Crippen MR) is 127 cm³/mol. The average Bonchev–Trinajstić information content (AvgIpc) is 2.81. The van der Waals surface area contributed by atoms with E-state index in [4.69, 9.17) is 0 Å². The first kappa shape index (κ1) is 21.6. The molecule has 3 aromatic carbocycles. The summed E-state index contributed by atoms with van der Waals surface area (Å²) in [6.07, 6.45) is 2.19. The van der Waals surface area contributed by atoms with E-state index in [1.807, 2.05) is 50.2 Å². The highest BCUT2D eigenvalue weighted by molar-refractivity contribution is 5.63. The minimum Gasteiger partial charge on any atom is -0.262 e. The molecule has 4 rings (SSSR count). The van der Waals surface area contributed by atoms with E-state index in [0.29, 0.717) is 6.42 Å². The molecule has 0 spiro atoms. The Bertz CT molecular complexity index is 1210. The van der Waals surface area contributed by atoms with E-state index in [0.717, 1.165) is 39.1 Å². The molecule has 0 radical (unpaired) electrons. The van der Waals surface area contributed by atoms with Crippen LogP contribution in [-0.4, -0.2) is 4.98 Å². The van der Waals surface area contributed by atoms with E-state index in [9.17, 15) is 9.30 Å². The molecule has 0 N–H and O–H groups in total. The van der Waals surface area contributed by atoms with Crippen LogP contribution in [-0.2, 0) is 0 Å². The Labute approximate surface area is 188 Å². The number of hydrogen-bond acceptors (Lipinski definition) is 3. The zero-order valence-corrected chi connectivity index (χ0v) is 18.2. The molecule has 1 heterocycles. The summed E-state index contributed by atoms with van der Waals surface area (Å²) < 4.78 is 13.8. The van der Waals surface area contributed by atoms with Crippen LogP contribution >= 0.6 is 0 Å². The van der Waals surface area contributed by atoms with Crippen molar-refractivity contribution in [3.05, 3.63) is 130 Å².